The van der Waals surface area contributed by atoms with Gasteiger partial charge in [-0.05, 0) is 12.1 Å². The van der Waals surface area contributed by atoms with E-state index in [1.165, 1.54) is 0 Å². The van der Waals surface area contributed by atoms with Crippen molar-refractivity contribution in [3.63, 3.8) is 0 Å². The van der Waals surface area contributed by atoms with Crippen LogP contribution in [0.3, 0.4) is 0 Å². The van der Waals surface area contributed by atoms with E-state index in [9.17, 15) is 0 Å². The molecular weight excluding hydrogens is 218 g/mol. The molecule has 0 radical (unpaired) electrons. The molecule has 0 saturated carbocycles. The van der Waals surface area contributed by atoms with E-state index >= 15 is 0 Å². The fraction of sp³-hybridized carbons (Fsp3) is 0.583. The predicted octanol–water partition coefficient (Wildman–Crippen LogP) is 0.573. The molecule has 1 saturated heterocycles. The number of nitrogens with zero attached hydrogens (tertiary/aromatic N) is 2. The largest absolute Gasteiger partial charge is 0.449 e. The number of rotatable bonds is 5. The number of ether oxygens (including phenoxy) is 1. The Hall–Kier alpha value is -1.35. The maximum atomic E-state index is 8.61. The summed E-state index contributed by atoms with van der Waals surface area (Å²) >= 11 is 0. The Labute approximate surface area is 101 Å². The van der Waals surface area contributed by atoms with E-state index in [0.717, 1.165) is 45.2 Å². The Morgan fingerprint density at radius 1 is 1.35 bits per heavy atom. The molecular formula is C12H17N3O2. The maximum Gasteiger partial charge on any atom is 0.203 e. The van der Waals surface area contributed by atoms with Crippen LogP contribution in [0.4, 0.5) is 0 Å². The molecule has 0 unspecified atom stereocenters. The van der Waals surface area contributed by atoms with E-state index in [0.29, 0.717) is 12.3 Å². The molecule has 1 aromatic rings. The Morgan fingerprint density at radius 2 is 2.18 bits per heavy atom. The first-order valence-corrected chi connectivity index (χ1v) is 5.88. The van der Waals surface area contributed by atoms with Crippen LogP contribution in [0.5, 0.6) is 0 Å². The van der Waals surface area contributed by atoms with Crippen molar-refractivity contribution in [2.24, 2.45) is 0 Å². The van der Waals surface area contributed by atoms with Crippen molar-refractivity contribution in [3.8, 4) is 6.07 Å². The van der Waals surface area contributed by atoms with Crippen molar-refractivity contribution in [2.75, 3.05) is 39.4 Å². The number of hydrogen-bond donors (Lipinski definition) is 1. The highest BCUT2D eigenvalue weighted by molar-refractivity contribution is 5.18. The molecule has 17 heavy (non-hydrogen) atoms. The molecule has 1 fully saturated rings. The van der Waals surface area contributed by atoms with E-state index < -0.39 is 0 Å². The maximum absolute atomic E-state index is 8.61. The Kier molecular flexibility index (Phi) is 4.56. The van der Waals surface area contributed by atoms with Gasteiger partial charge in [-0.1, -0.05) is 0 Å². The summed E-state index contributed by atoms with van der Waals surface area (Å²) in [6.07, 6.45) is 0. The summed E-state index contributed by atoms with van der Waals surface area (Å²) in [5, 5.41) is 11.9. The average Bonchev–Trinajstić information content (AvgIpc) is 2.84. The molecule has 5 nitrogen and oxygen atoms in total. The lowest BCUT2D eigenvalue weighted by Crippen LogP contribution is -2.40. The van der Waals surface area contributed by atoms with E-state index in [1.54, 1.807) is 6.07 Å². The highest BCUT2D eigenvalue weighted by Gasteiger charge is 2.09. The van der Waals surface area contributed by atoms with Gasteiger partial charge in [0.25, 0.3) is 0 Å². The summed E-state index contributed by atoms with van der Waals surface area (Å²) in [7, 11) is 0. The van der Waals surface area contributed by atoms with Crippen LogP contribution in [0.25, 0.3) is 0 Å². The number of hydrogen-bond acceptors (Lipinski definition) is 5. The van der Waals surface area contributed by atoms with Crippen molar-refractivity contribution in [1.29, 1.82) is 5.26 Å². The van der Waals surface area contributed by atoms with Crippen molar-refractivity contribution >= 4 is 0 Å². The van der Waals surface area contributed by atoms with Crippen LogP contribution >= 0.6 is 0 Å². The molecule has 1 aliphatic rings. The first kappa shape index (κ1) is 12.1. The quantitative estimate of drug-likeness (QED) is 0.756. The highest BCUT2D eigenvalue weighted by Crippen LogP contribution is 2.05. The van der Waals surface area contributed by atoms with E-state index in [-0.39, 0.29) is 0 Å². The molecule has 0 aromatic carbocycles. The predicted molar refractivity (Wildman–Crippen MR) is 62.4 cm³/mol. The SMILES string of the molecule is N#Cc1ccc(CNCCN2CCOCC2)o1. The van der Waals surface area contributed by atoms with Crippen molar-refractivity contribution in [1.82, 2.24) is 10.2 Å². The zero-order chi connectivity index (χ0) is 11.9. The van der Waals surface area contributed by atoms with Crippen LogP contribution in [0.1, 0.15) is 11.5 Å². The molecule has 1 aromatic heterocycles. The third kappa shape index (κ3) is 3.86. The fourth-order valence-electron chi connectivity index (χ4n) is 1.81. The van der Waals surface area contributed by atoms with E-state index in [2.05, 4.69) is 10.2 Å². The number of furan rings is 1. The minimum atomic E-state index is 0.370. The van der Waals surface area contributed by atoms with E-state index in [4.69, 9.17) is 14.4 Å². The summed E-state index contributed by atoms with van der Waals surface area (Å²) in [5.74, 6) is 1.18. The third-order valence-electron chi connectivity index (χ3n) is 2.78. The molecule has 1 aliphatic heterocycles. The lowest BCUT2D eigenvalue weighted by molar-refractivity contribution is 0.0383. The molecule has 0 aliphatic carbocycles. The monoisotopic (exact) mass is 235 g/mol. The summed E-state index contributed by atoms with van der Waals surface area (Å²) in [4.78, 5) is 2.37. The molecule has 0 spiro atoms. The molecule has 0 amide bonds. The normalized spacial score (nSPS) is 16.9. The van der Waals surface area contributed by atoms with Gasteiger partial charge in [0.1, 0.15) is 11.8 Å². The van der Waals surface area contributed by atoms with Gasteiger partial charge in [0, 0.05) is 26.2 Å². The molecule has 0 bridgehead atoms. The average molecular weight is 235 g/mol. The smallest absolute Gasteiger partial charge is 0.203 e. The molecule has 2 rings (SSSR count). The van der Waals surface area contributed by atoms with E-state index in [1.807, 2.05) is 12.1 Å². The Balaban J connectivity index is 1.61. The van der Waals surface area contributed by atoms with Gasteiger partial charge in [-0.15, -0.1) is 0 Å². The summed E-state index contributed by atoms with van der Waals surface area (Å²) in [6, 6.07) is 5.50. The number of nitrogens with one attached hydrogen (secondary N) is 1. The Morgan fingerprint density at radius 3 is 2.88 bits per heavy atom. The molecule has 2 heterocycles. The fourth-order valence-corrected chi connectivity index (χ4v) is 1.81. The van der Waals surface area contributed by atoms with Gasteiger partial charge in [0.2, 0.25) is 5.76 Å². The zero-order valence-corrected chi connectivity index (χ0v) is 9.82. The lowest BCUT2D eigenvalue weighted by atomic mass is 10.4. The van der Waals surface area contributed by atoms with Crippen LogP contribution < -0.4 is 5.32 Å². The molecule has 5 heteroatoms. The Bertz CT molecular complexity index is 377. The van der Waals surface area contributed by atoms with Crippen LogP contribution in [-0.2, 0) is 11.3 Å². The zero-order valence-electron chi connectivity index (χ0n) is 9.82. The molecule has 92 valence electrons. The minimum absolute atomic E-state index is 0.370. The second kappa shape index (κ2) is 6.40. The van der Waals surface area contributed by atoms with Gasteiger partial charge >= 0.3 is 0 Å². The number of morpholine rings is 1. The van der Waals surface area contributed by atoms with Crippen molar-refractivity contribution in [3.05, 3.63) is 23.7 Å². The standard InChI is InChI=1S/C12H17N3O2/c13-9-11-1-2-12(17-11)10-14-3-4-15-5-7-16-8-6-15/h1-2,14H,3-8,10H2. The first-order valence-electron chi connectivity index (χ1n) is 5.88. The van der Waals surface area contributed by atoms with Crippen molar-refractivity contribution < 1.29 is 9.15 Å². The van der Waals surface area contributed by atoms with Crippen molar-refractivity contribution in [2.45, 2.75) is 6.54 Å². The highest BCUT2D eigenvalue weighted by atomic mass is 16.5. The van der Waals surface area contributed by atoms with Crippen LogP contribution in [0, 0.1) is 11.3 Å². The summed E-state index contributed by atoms with van der Waals surface area (Å²) in [5.41, 5.74) is 0. The van der Waals surface area contributed by atoms with Crippen LogP contribution in [0.2, 0.25) is 0 Å². The molecule has 1 N–H and O–H groups in total. The third-order valence-corrected chi connectivity index (χ3v) is 2.78. The van der Waals surface area contributed by atoms with Gasteiger partial charge in [0.05, 0.1) is 19.8 Å². The van der Waals surface area contributed by atoms with Gasteiger partial charge in [0.15, 0.2) is 0 Å². The summed E-state index contributed by atoms with van der Waals surface area (Å²) < 4.78 is 10.6. The topological polar surface area (TPSA) is 61.4 Å². The van der Waals surface area contributed by atoms with Gasteiger partial charge in [-0.25, -0.2) is 0 Å². The number of nitriles is 1. The molecule has 0 atom stereocenters. The van der Waals surface area contributed by atoms with Crippen LogP contribution in [0.15, 0.2) is 16.5 Å². The second-order valence-corrected chi connectivity index (χ2v) is 4.01. The minimum Gasteiger partial charge on any atom is -0.449 e. The first-order chi connectivity index (χ1) is 8.38. The second-order valence-electron chi connectivity index (χ2n) is 4.01. The van der Waals surface area contributed by atoms with Gasteiger partial charge < -0.3 is 14.5 Å². The lowest BCUT2D eigenvalue weighted by Gasteiger charge is -2.26. The van der Waals surface area contributed by atoms with Gasteiger partial charge in [-0.2, -0.15) is 5.26 Å². The van der Waals surface area contributed by atoms with Crippen LogP contribution in [-0.4, -0.2) is 44.3 Å². The van der Waals surface area contributed by atoms with Gasteiger partial charge in [-0.3, -0.25) is 4.90 Å². The summed E-state index contributed by atoms with van der Waals surface area (Å²) in [6.45, 7) is 6.32.